The van der Waals surface area contributed by atoms with E-state index >= 15 is 0 Å². The highest BCUT2D eigenvalue weighted by Gasteiger charge is 2.46. The summed E-state index contributed by atoms with van der Waals surface area (Å²) in [5.41, 5.74) is 1.44. The third kappa shape index (κ3) is 4.70. The van der Waals surface area contributed by atoms with Crippen LogP contribution in [0.15, 0.2) is 12.1 Å². The number of fused-ring (bicyclic) bond motifs is 2. The second kappa shape index (κ2) is 9.17. The van der Waals surface area contributed by atoms with Gasteiger partial charge in [0.1, 0.15) is 5.75 Å². The number of thioether (sulfide) groups is 1. The van der Waals surface area contributed by atoms with Gasteiger partial charge in [-0.1, -0.05) is 11.6 Å². The van der Waals surface area contributed by atoms with E-state index < -0.39 is 17.7 Å². The molecule has 1 N–H and O–H groups in total. The van der Waals surface area contributed by atoms with E-state index in [4.69, 9.17) is 25.8 Å². The quantitative estimate of drug-likeness (QED) is 0.567. The highest BCUT2D eigenvalue weighted by molar-refractivity contribution is 7.98. The fraction of sp³-hybridized carbons (Fsp3) is 0.579. The van der Waals surface area contributed by atoms with Crippen molar-refractivity contribution in [3.8, 4) is 5.75 Å². The maximum absolute atomic E-state index is 12.1. The summed E-state index contributed by atoms with van der Waals surface area (Å²) in [5, 5.41) is 3.70. The first-order valence-corrected chi connectivity index (χ1v) is 10.9. The van der Waals surface area contributed by atoms with Gasteiger partial charge < -0.3 is 19.5 Å². The highest BCUT2D eigenvalue weighted by Crippen LogP contribution is 2.41. The summed E-state index contributed by atoms with van der Waals surface area (Å²) in [6.07, 6.45) is 4.73. The number of halogens is 1. The van der Waals surface area contributed by atoms with Crippen molar-refractivity contribution in [2.24, 2.45) is 0 Å². The molecule has 1 fully saturated rings. The molecule has 6 nitrogen and oxygen atoms in total. The number of carbonyl (C=O) groups excluding carboxylic acids is 2. The van der Waals surface area contributed by atoms with Gasteiger partial charge in [0.25, 0.3) is 5.79 Å². The number of nitrogens with one attached hydrogen (secondary N) is 1. The molecule has 1 saturated heterocycles. The Morgan fingerprint density at radius 2 is 1.93 bits per heavy atom. The third-order valence-electron chi connectivity index (χ3n) is 4.61. The van der Waals surface area contributed by atoms with E-state index in [0.29, 0.717) is 35.9 Å². The van der Waals surface area contributed by atoms with Crippen LogP contribution in [-0.4, -0.2) is 43.6 Å². The van der Waals surface area contributed by atoms with Gasteiger partial charge in [0.15, 0.2) is 0 Å². The van der Waals surface area contributed by atoms with Gasteiger partial charge >= 0.3 is 11.9 Å². The number of benzene rings is 1. The van der Waals surface area contributed by atoms with Crippen LogP contribution in [0.2, 0.25) is 5.02 Å². The van der Waals surface area contributed by atoms with Crippen LogP contribution in [0, 0.1) is 0 Å². The Morgan fingerprint density at radius 3 is 2.63 bits per heavy atom. The summed E-state index contributed by atoms with van der Waals surface area (Å²) < 4.78 is 17.3. The van der Waals surface area contributed by atoms with Crippen molar-refractivity contribution in [3.63, 3.8) is 0 Å². The first-order chi connectivity index (χ1) is 13.1. The molecule has 2 heterocycles. The van der Waals surface area contributed by atoms with E-state index in [-0.39, 0.29) is 19.4 Å². The smallest absolute Gasteiger partial charge is 0.309 e. The zero-order chi connectivity index (χ0) is 19.3. The molecule has 1 spiro atoms. The summed E-state index contributed by atoms with van der Waals surface area (Å²) >= 11 is 8.21. The lowest BCUT2D eigenvalue weighted by atomic mass is 9.97. The lowest BCUT2D eigenvalue weighted by molar-refractivity contribution is -0.225. The SMILES string of the molecule is CSCCCCOc1c(Cl)ccc2c1CCNCC21OC(=O)CCC(=O)O1. The molecule has 0 amide bonds. The number of hydrogen-bond donors (Lipinski definition) is 1. The lowest BCUT2D eigenvalue weighted by Gasteiger charge is -2.32. The van der Waals surface area contributed by atoms with Crippen molar-refractivity contribution in [2.45, 2.75) is 37.9 Å². The zero-order valence-electron chi connectivity index (χ0n) is 15.3. The summed E-state index contributed by atoms with van der Waals surface area (Å²) in [6.45, 7) is 1.38. The van der Waals surface area contributed by atoms with Gasteiger partial charge in [0, 0.05) is 11.1 Å². The third-order valence-corrected chi connectivity index (χ3v) is 5.61. The van der Waals surface area contributed by atoms with Gasteiger partial charge in [-0.05, 0) is 49.9 Å². The maximum atomic E-state index is 12.1. The fourth-order valence-electron chi connectivity index (χ4n) is 3.32. The highest BCUT2D eigenvalue weighted by atomic mass is 35.5. The Bertz CT molecular complexity index is 694. The minimum atomic E-state index is -1.47. The normalized spacial score (nSPS) is 18.9. The van der Waals surface area contributed by atoms with Crippen molar-refractivity contribution in [3.05, 3.63) is 28.3 Å². The molecule has 0 atom stereocenters. The monoisotopic (exact) mass is 413 g/mol. The largest absolute Gasteiger partial charge is 0.492 e. The van der Waals surface area contributed by atoms with Gasteiger partial charge in [0.05, 0.1) is 31.0 Å². The molecule has 1 aromatic carbocycles. The predicted octanol–water partition coefficient (Wildman–Crippen LogP) is 3.04. The van der Waals surface area contributed by atoms with Crippen LogP contribution in [0.5, 0.6) is 5.75 Å². The van der Waals surface area contributed by atoms with Crippen molar-refractivity contribution < 1.29 is 23.8 Å². The van der Waals surface area contributed by atoms with E-state index in [9.17, 15) is 9.59 Å². The molecule has 8 heteroatoms. The van der Waals surface area contributed by atoms with Crippen molar-refractivity contribution in [1.29, 1.82) is 0 Å². The molecule has 148 valence electrons. The molecular formula is C19H24ClNO5S. The molecule has 0 bridgehead atoms. The summed E-state index contributed by atoms with van der Waals surface area (Å²) in [5.74, 6) is -0.714. The van der Waals surface area contributed by atoms with Gasteiger partial charge in [-0.3, -0.25) is 9.59 Å². The average Bonchev–Trinajstić information content (AvgIpc) is 2.90. The van der Waals surface area contributed by atoms with E-state index in [1.807, 2.05) is 0 Å². The molecule has 0 unspecified atom stereocenters. The van der Waals surface area contributed by atoms with Gasteiger partial charge in [0.2, 0.25) is 0 Å². The first kappa shape index (κ1) is 20.3. The number of unbranched alkanes of at least 4 members (excludes halogenated alkanes) is 1. The zero-order valence-corrected chi connectivity index (χ0v) is 16.9. The minimum absolute atomic E-state index is 0.0162. The van der Waals surface area contributed by atoms with E-state index in [1.165, 1.54) is 0 Å². The summed E-state index contributed by atoms with van der Waals surface area (Å²) in [4.78, 5) is 24.2. The Kier molecular flexibility index (Phi) is 6.89. The Labute approximate surface area is 168 Å². The molecule has 3 rings (SSSR count). The van der Waals surface area contributed by atoms with E-state index in [0.717, 1.165) is 24.2 Å². The van der Waals surface area contributed by atoms with E-state index in [1.54, 1.807) is 23.9 Å². The van der Waals surface area contributed by atoms with E-state index in [2.05, 4.69) is 11.6 Å². The Balaban J connectivity index is 1.93. The topological polar surface area (TPSA) is 73.9 Å². The number of hydrogen-bond acceptors (Lipinski definition) is 7. The minimum Gasteiger partial charge on any atom is -0.492 e. The van der Waals surface area contributed by atoms with Crippen LogP contribution in [0.3, 0.4) is 0 Å². The maximum Gasteiger partial charge on any atom is 0.309 e. The molecule has 2 aliphatic heterocycles. The number of carbonyl (C=O) groups is 2. The lowest BCUT2D eigenvalue weighted by Crippen LogP contribution is -2.43. The van der Waals surface area contributed by atoms with Crippen LogP contribution in [0.25, 0.3) is 0 Å². The van der Waals surface area contributed by atoms with Crippen LogP contribution < -0.4 is 10.1 Å². The first-order valence-electron chi connectivity index (χ1n) is 9.14. The molecule has 1 aromatic rings. The van der Waals surface area contributed by atoms with Gasteiger partial charge in [-0.25, -0.2) is 0 Å². The average molecular weight is 414 g/mol. The fourth-order valence-corrected chi connectivity index (χ4v) is 4.05. The molecule has 2 aliphatic rings. The number of esters is 2. The van der Waals surface area contributed by atoms with Crippen LogP contribution in [0.1, 0.15) is 36.8 Å². The second-order valence-electron chi connectivity index (χ2n) is 6.58. The molecule has 0 saturated carbocycles. The van der Waals surface area contributed by atoms with Crippen LogP contribution >= 0.6 is 23.4 Å². The summed E-state index contributed by atoms with van der Waals surface area (Å²) in [7, 11) is 0. The van der Waals surface area contributed by atoms with Crippen molar-refractivity contribution in [1.82, 2.24) is 5.32 Å². The molecule has 27 heavy (non-hydrogen) atoms. The number of ether oxygens (including phenoxy) is 3. The number of rotatable bonds is 6. The molecule has 0 aromatic heterocycles. The second-order valence-corrected chi connectivity index (χ2v) is 7.97. The van der Waals surface area contributed by atoms with Gasteiger partial charge in [-0.2, -0.15) is 11.8 Å². The van der Waals surface area contributed by atoms with Crippen LogP contribution in [0.4, 0.5) is 0 Å². The predicted molar refractivity (Wildman–Crippen MR) is 104 cm³/mol. The molecule has 0 aliphatic carbocycles. The van der Waals surface area contributed by atoms with Crippen LogP contribution in [-0.2, 0) is 31.3 Å². The van der Waals surface area contributed by atoms with Crippen molar-refractivity contribution in [2.75, 3.05) is 31.7 Å². The summed E-state index contributed by atoms with van der Waals surface area (Å²) in [6, 6.07) is 3.47. The standard InChI is InChI=1S/C19H24ClNO5S/c1-27-11-3-2-10-24-18-13-8-9-21-12-19(14(13)4-5-15(18)20)25-16(22)6-7-17(23)26-19/h4-5,21H,2-3,6-12H2,1H3. The Hall–Kier alpha value is -1.44. The molecular weight excluding hydrogens is 390 g/mol. The van der Waals surface area contributed by atoms with Crippen molar-refractivity contribution >= 4 is 35.3 Å². The molecule has 0 radical (unpaired) electrons. The van der Waals surface area contributed by atoms with Gasteiger partial charge in [-0.15, -0.1) is 0 Å². The Morgan fingerprint density at radius 1 is 1.19 bits per heavy atom.